The van der Waals surface area contributed by atoms with Crippen molar-refractivity contribution in [2.75, 3.05) is 20.2 Å². The number of benzene rings is 2. The molecule has 166 valence electrons. The first kappa shape index (κ1) is 24.9. The van der Waals surface area contributed by atoms with Gasteiger partial charge in [0.25, 0.3) is 0 Å². The molecule has 2 N–H and O–H groups in total. The van der Waals surface area contributed by atoms with Crippen LogP contribution in [0.2, 0.25) is 0 Å². The smallest absolute Gasteiger partial charge is 0.214 e. The Morgan fingerprint density at radius 1 is 1.10 bits per heavy atom. The van der Waals surface area contributed by atoms with Crippen LogP contribution in [0.25, 0.3) is 11.3 Å². The number of aryl methyl sites for hydroxylation is 1. The zero-order chi connectivity index (χ0) is 21.2. The van der Waals surface area contributed by atoms with Crippen molar-refractivity contribution in [2.45, 2.75) is 32.9 Å². The van der Waals surface area contributed by atoms with Crippen LogP contribution in [0.4, 0.5) is 0 Å². The second-order valence-corrected chi connectivity index (χ2v) is 7.11. The lowest BCUT2D eigenvalue weighted by molar-refractivity contribution is 0.0646. The van der Waals surface area contributed by atoms with Crippen LogP contribution in [-0.4, -0.2) is 31.1 Å². The Labute approximate surface area is 201 Å². The van der Waals surface area contributed by atoms with Gasteiger partial charge >= 0.3 is 0 Å². The maximum Gasteiger partial charge on any atom is 0.214 e. The number of nitrogens with zero attached hydrogens (tertiary/aromatic N) is 2. The molecule has 1 atom stereocenters. The average molecular weight is 534 g/mol. The minimum Gasteiger partial charge on any atom is -0.439 e. The van der Waals surface area contributed by atoms with Gasteiger partial charge in [-0.05, 0) is 25.8 Å². The van der Waals surface area contributed by atoms with Gasteiger partial charge in [0.2, 0.25) is 5.89 Å². The standard InChI is InChI=1S/C24H30N4O2.HI/c1-18-10-12-21(13-11-18)22-16-27-23(30-22)17-28-24(25-3)26-14-7-15-29-19(2)20-8-5-4-6-9-20;/h4-6,8-13,16,19H,7,14-15,17H2,1-3H3,(H2,25,26,28);1H. The van der Waals surface area contributed by atoms with Crippen molar-refractivity contribution in [3.05, 3.63) is 77.8 Å². The van der Waals surface area contributed by atoms with Gasteiger partial charge in [0.05, 0.1) is 18.8 Å². The van der Waals surface area contributed by atoms with E-state index in [-0.39, 0.29) is 30.1 Å². The highest BCUT2D eigenvalue weighted by Crippen LogP contribution is 2.20. The van der Waals surface area contributed by atoms with Gasteiger partial charge < -0.3 is 19.8 Å². The molecule has 7 heteroatoms. The Bertz CT molecular complexity index is 926. The minimum absolute atomic E-state index is 0. The maximum absolute atomic E-state index is 5.90. The molecular formula is C24H31IN4O2. The summed E-state index contributed by atoms with van der Waals surface area (Å²) in [6.07, 6.45) is 2.73. The first-order chi connectivity index (χ1) is 14.7. The van der Waals surface area contributed by atoms with Gasteiger partial charge in [-0.25, -0.2) is 4.98 Å². The number of ether oxygens (including phenoxy) is 1. The van der Waals surface area contributed by atoms with Crippen molar-refractivity contribution in [3.8, 4) is 11.3 Å². The van der Waals surface area contributed by atoms with Gasteiger partial charge in [0, 0.05) is 25.8 Å². The van der Waals surface area contributed by atoms with E-state index in [4.69, 9.17) is 9.15 Å². The number of halogens is 1. The first-order valence-corrected chi connectivity index (χ1v) is 10.3. The predicted molar refractivity (Wildman–Crippen MR) is 136 cm³/mol. The maximum atomic E-state index is 5.90. The highest BCUT2D eigenvalue weighted by molar-refractivity contribution is 14.0. The number of aliphatic imine (C=N–C) groups is 1. The predicted octanol–water partition coefficient (Wildman–Crippen LogP) is 5.10. The summed E-state index contributed by atoms with van der Waals surface area (Å²) in [7, 11) is 1.75. The van der Waals surface area contributed by atoms with Crippen molar-refractivity contribution in [1.29, 1.82) is 0 Å². The van der Waals surface area contributed by atoms with Crippen molar-refractivity contribution in [2.24, 2.45) is 4.99 Å². The Balaban J connectivity index is 0.00000341. The molecule has 2 aromatic carbocycles. The SMILES string of the molecule is CN=C(NCCCOC(C)c1ccccc1)NCc1ncc(-c2ccc(C)cc2)o1.I. The summed E-state index contributed by atoms with van der Waals surface area (Å²) < 4.78 is 11.7. The summed E-state index contributed by atoms with van der Waals surface area (Å²) >= 11 is 0. The Morgan fingerprint density at radius 2 is 1.84 bits per heavy atom. The molecule has 0 fully saturated rings. The molecule has 0 aliphatic carbocycles. The largest absolute Gasteiger partial charge is 0.439 e. The van der Waals surface area contributed by atoms with E-state index in [1.807, 2.05) is 30.3 Å². The van der Waals surface area contributed by atoms with E-state index in [9.17, 15) is 0 Å². The van der Waals surface area contributed by atoms with Crippen LogP contribution in [0, 0.1) is 6.92 Å². The molecule has 31 heavy (non-hydrogen) atoms. The molecule has 3 rings (SSSR count). The van der Waals surface area contributed by atoms with Crippen molar-refractivity contribution >= 4 is 29.9 Å². The molecule has 6 nitrogen and oxygen atoms in total. The molecule has 1 aromatic heterocycles. The summed E-state index contributed by atoms with van der Waals surface area (Å²) in [6.45, 7) is 6.05. The number of guanidine groups is 1. The molecule has 1 heterocycles. The van der Waals surface area contributed by atoms with E-state index in [0.717, 1.165) is 24.3 Å². The second kappa shape index (κ2) is 13.1. The fraction of sp³-hybridized carbons (Fsp3) is 0.333. The van der Waals surface area contributed by atoms with Crippen molar-refractivity contribution in [1.82, 2.24) is 15.6 Å². The van der Waals surface area contributed by atoms with Crippen LogP contribution in [0.15, 0.2) is 70.2 Å². The molecule has 0 bridgehead atoms. The van der Waals surface area contributed by atoms with Gasteiger partial charge in [0.1, 0.15) is 0 Å². The summed E-state index contributed by atoms with van der Waals surface area (Å²) in [4.78, 5) is 8.59. The van der Waals surface area contributed by atoms with Crippen LogP contribution in [0.5, 0.6) is 0 Å². The quantitative estimate of drug-likeness (QED) is 0.173. The van der Waals surface area contributed by atoms with Crippen LogP contribution < -0.4 is 10.6 Å². The van der Waals surface area contributed by atoms with Gasteiger partial charge in [-0.3, -0.25) is 4.99 Å². The molecule has 1 unspecified atom stereocenters. The molecule has 0 radical (unpaired) electrons. The molecule has 0 spiro atoms. The third kappa shape index (κ3) is 7.99. The lowest BCUT2D eigenvalue weighted by Crippen LogP contribution is -2.37. The highest BCUT2D eigenvalue weighted by atomic mass is 127. The van der Waals surface area contributed by atoms with Crippen LogP contribution in [0.1, 0.15) is 36.5 Å². The zero-order valence-electron chi connectivity index (χ0n) is 18.3. The van der Waals surface area contributed by atoms with E-state index in [0.29, 0.717) is 25.0 Å². The zero-order valence-corrected chi connectivity index (χ0v) is 20.6. The van der Waals surface area contributed by atoms with Gasteiger partial charge in [-0.15, -0.1) is 24.0 Å². The van der Waals surface area contributed by atoms with Gasteiger partial charge in [-0.2, -0.15) is 0 Å². The number of hydrogen-bond donors (Lipinski definition) is 2. The fourth-order valence-electron chi connectivity index (χ4n) is 2.98. The third-order valence-corrected chi connectivity index (χ3v) is 4.77. The summed E-state index contributed by atoms with van der Waals surface area (Å²) in [5.74, 6) is 2.09. The molecular weight excluding hydrogens is 503 g/mol. The Morgan fingerprint density at radius 3 is 2.55 bits per heavy atom. The van der Waals surface area contributed by atoms with Crippen LogP contribution in [0.3, 0.4) is 0 Å². The summed E-state index contributed by atoms with van der Waals surface area (Å²) in [5.41, 5.74) is 3.43. The topological polar surface area (TPSA) is 71.7 Å². The first-order valence-electron chi connectivity index (χ1n) is 10.3. The molecule has 0 amide bonds. The Kier molecular flexibility index (Phi) is 10.5. The molecule has 0 saturated heterocycles. The van der Waals surface area contributed by atoms with Crippen LogP contribution >= 0.6 is 24.0 Å². The molecule has 3 aromatic rings. The van der Waals surface area contributed by atoms with E-state index in [2.05, 4.69) is 58.7 Å². The Hall–Kier alpha value is -2.39. The minimum atomic E-state index is 0. The molecule has 0 saturated carbocycles. The van der Waals surface area contributed by atoms with E-state index < -0.39 is 0 Å². The summed E-state index contributed by atoms with van der Waals surface area (Å²) in [6, 6.07) is 18.4. The molecule has 0 aliphatic heterocycles. The van der Waals surface area contributed by atoms with E-state index in [1.54, 1.807) is 13.2 Å². The van der Waals surface area contributed by atoms with E-state index in [1.165, 1.54) is 11.1 Å². The number of rotatable bonds is 9. The number of oxazole rings is 1. The van der Waals surface area contributed by atoms with Crippen molar-refractivity contribution in [3.63, 3.8) is 0 Å². The second-order valence-electron chi connectivity index (χ2n) is 7.11. The monoisotopic (exact) mass is 534 g/mol. The molecule has 0 aliphatic rings. The number of hydrogen-bond acceptors (Lipinski definition) is 4. The van der Waals surface area contributed by atoms with Gasteiger partial charge in [-0.1, -0.05) is 60.2 Å². The summed E-state index contributed by atoms with van der Waals surface area (Å²) in [5, 5.41) is 6.51. The number of nitrogens with one attached hydrogen (secondary N) is 2. The average Bonchev–Trinajstić information content (AvgIpc) is 3.25. The van der Waals surface area contributed by atoms with E-state index >= 15 is 0 Å². The van der Waals surface area contributed by atoms with Crippen molar-refractivity contribution < 1.29 is 9.15 Å². The normalized spacial score (nSPS) is 12.2. The third-order valence-electron chi connectivity index (χ3n) is 4.77. The lowest BCUT2D eigenvalue weighted by Gasteiger charge is -2.14. The fourth-order valence-corrected chi connectivity index (χ4v) is 2.98. The van der Waals surface area contributed by atoms with Crippen LogP contribution in [-0.2, 0) is 11.3 Å². The van der Waals surface area contributed by atoms with Gasteiger partial charge in [0.15, 0.2) is 11.7 Å². The highest BCUT2D eigenvalue weighted by Gasteiger charge is 2.08. The number of aromatic nitrogens is 1. The lowest BCUT2D eigenvalue weighted by atomic mass is 10.1.